The van der Waals surface area contributed by atoms with Crippen LogP contribution in [0.5, 0.6) is 0 Å². The summed E-state index contributed by atoms with van der Waals surface area (Å²) < 4.78 is 6.46. The van der Waals surface area contributed by atoms with Gasteiger partial charge in [-0.05, 0) is 47.7 Å². The third kappa shape index (κ3) is 3.11. The summed E-state index contributed by atoms with van der Waals surface area (Å²) in [5, 5.41) is 3.57. The second kappa shape index (κ2) is 5.87. The van der Waals surface area contributed by atoms with Gasteiger partial charge in [0.2, 0.25) is 0 Å². The van der Waals surface area contributed by atoms with E-state index in [9.17, 15) is 0 Å². The summed E-state index contributed by atoms with van der Waals surface area (Å²) in [7, 11) is 0. The highest BCUT2D eigenvalue weighted by Gasteiger charge is 2.19. The lowest BCUT2D eigenvalue weighted by Gasteiger charge is -2.28. The smallest absolute Gasteiger partial charge is 0.131 e. The Kier molecular flexibility index (Phi) is 4.47. The van der Waals surface area contributed by atoms with Crippen molar-refractivity contribution in [3.63, 3.8) is 0 Å². The van der Waals surface area contributed by atoms with Gasteiger partial charge in [-0.2, -0.15) is 0 Å². The molecule has 0 aliphatic heterocycles. The monoisotopic (exact) mass is 285 g/mol. The van der Waals surface area contributed by atoms with Crippen LogP contribution in [0.3, 0.4) is 0 Å². The van der Waals surface area contributed by atoms with Gasteiger partial charge < -0.3 is 9.73 Å². The Labute approximate surface area is 106 Å². The van der Waals surface area contributed by atoms with Crippen molar-refractivity contribution >= 4 is 15.9 Å². The Hall–Kier alpha value is -0.280. The van der Waals surface area contributed by atoms with Crippen LogP contribution in [-0.2, 0) is 6.54 Å². The maximum atomic E-state index is 5.39. The Morgan fingerprint density at radius 1 is 1.44 bits per heavy atom. The van der Waals surface area contributed by atoms with Gasteiger partial charge in [0.15, 0.2) is 0 Å². The van der Waals surface area contributed by atoms with E-state index in [4.69, 9.17) is 4.42 Å². The molecule has 0 bridgehead atoms. The van der Waals surface area contributed by atoms with Gasteiger partial charge in [-0.15, -0.1) is 0 Å². The SMILES string of the molecule is C[C@H](NCc1occc1Br)C1CCCCC1. The minimum Gasteiger partial charge on any atom is -0.467 e. The summed E-state index contributed by atoms with van der Waals surface area (Å²) in [5.41, 5.74) is 0. The maximum Gasteiger partial charge on any atom is 0.131 e. The lowest BCUT2D eigenvalue weighted by molar-refractivity contribution is 0.275. The van der Waals surface area contributed by atoms with Gasteiger partial charge in [-0.1, -0.05) is 19.3 Å². The van der Waals surface area contributed by atoms with E-state index in [1.807, 2.05) is 6.07 Å². The van der Waals surface area contributed by atoms with Crippen LogP contribution < -0.4 is 5.32 Å². The van der Waals surface area contributed by atoms with Crippen molar-refractivity contribution in [2.45, 2.75) is 51.6 Å². The number of furan rings is 1. The maximum absolute atomic E-state index is 5.39. The van der Waals surface area contributed by atoms with Gasteiger partial charge in [0.05, 0.1) is 17.3 Å². The summed E-state index contributed by atoms with van der Waals surface area (Å²) in [6.07, 6.45) is 8.72. The number of halogens is 1. The number of rotatable bonds is 4. The highest BCUT2D eigenvalue weighted by molar-refractivity contribution is 9.10. The fraction of sp³-hybridized carbons (Fsp3) is 0.692. The molecule has 16 heavy (non-hydrogen) atoms. The second-order valence-corrected chi connectivity index (χ2v) is 5.61. The highest BCUT2D eigenvalue weighted by Crippen LogP contribution is 2.26. The highest BCUT2D eigenvalue weighted by atomic mass is 79.9. The molecular weight excluding hydrogens is 266 g/mol. The Balaban J connectivity index is 1.78. The zero-order chi connectivity index (χ0) is 11.4. The van der Waals surface area contributed by atoms with Crippen molar-refractivity contribution in [3.05, 3.63) is 22.6 Å². The van der Waals surface area contributed by atoms with Gasteiger partial charge in [0.1, 0.15) is 5.76 Å². The average Bonchev–Trinajstić information content (AvgIpc) is 2.73. The lowest BCUT2D eigenvalue weighted by Crippen LogP contribution is -2.34. The fourth-order valence-corrected chi connectivity index (χ4v) is 2.85. The third-order valence-electron chi connectivity index (χ3n) is 3.63. The second-order valence-electron chi connectivity index (χ2n) is 4.76. The van der Waals surface area contributed by atoms with E-state index in [2.05, 4.69) is 28.2 Å². The molecule has 1 N–H and O–H groups in total. The molecule has 0 spiro atoms. The molecule has 1 heterocycles. The zero-order valence-electron chi connectivity index (χ0n) is 9.84. The molecule has 2 nitrogen and oxygen atoms in total. The molecule has 1 aliphatic carbocycles. The molecule has 0 amide bonds. The molecule has 1 aromatic heterocycles. The normalized spacial score (nSPS) is 19.9. The predicted octanol–water partition coefficient (Wildman–Crippen LogP) is 4.10. The van der Waals surface area contributed by atoms with Gasteiger partial charge in [-0.3, -0.25) is 0 Å². The van der Waals surface area contributed by atoms with Gasteiger partial charge >= 0.3 is 0 Å². The lowest BCUT2D eigenvalue weighted by atomic mass is 9.84. The number of hydrogen-bond donors (Lipinski definition) is 1. The van der Waals surface area contributed by atoms with E-state index in [-0.39, 0.29) is 0 Å². The minimum atomic E-state index is 0.595. The van der Waals surface area contributed by atoms with Crippen LogP contribution in [0.2, 0.25) is 0 Å². The van der Waals surface area contributed by atoms with Crippen LogP contribution in [0, 0.1) is 5.92 Å². The first-order valence-corrected chi connectivity index (χ1v) is 7.02. The molecule has 2 rings (SSSR count). The quantitative estimate of drug-likeness (QED) is 0.901. The summed E-state index contributed by atoms with van der Waals surface area (Å²) in [6, 6.07) is 2.54. The van der Waals surface area contributed by atoms with Crippen LogP contribution in [-0.4, -0.2) is 6.04 Å². The molecule has 1 aliphatic rings. The molecule has 1 atom stereocenters. The molecule has 1 aromatic rings. The molecule has 1 fully saturated rings. The molecular formula is C13H20BrNO. The molecule has 0 aromatic carbocycles. The molecule has 0 radical (unpaired) electrons. The predicted molar refractivity (Wildman–Crippen MR) is 69.3 cm³/mol. The van der Waals surface area contributed by atoms with Crippen molar-refractivity contribution in [3.8, 4) is 0 Å². The standard InChI is InChI=1S/C13H20BrNO/c1-10(11-5-3-2-4-6-11)15-9-13-12(14)7-8-16-13/h7-8,10-11,15H,2-6,9H2,1H3/t10-/m0/s1. The molecule has 0 saturated heterocycles. The van der Waals surface area contributed by atoms with Crippen molar-refractivity contribution in [1.29, 1.82) is 0 Å². The van der Waals surface area contributed by atoms with Crippen molar-refractivity contribution in [2.24, 2.45) is 5.92 Å². The number of hydrogen-bond acceptors (Lipinski definition) is 2. The first kappa shape index (κ1) is 12.2. The summed E-state index contributed by atoms with van der Waals surface area (Å²) >= 11 is 3.48. The van der Waals surface area contributed by atoms with E-state index in [0.717, 1.165) is 22.7 Å². The van der Waals surface area contributed by atoms with Crippen LogP contribution in [0.25, 0.3) is 0 Å². The van der Waals surface area contributed by atoms with Gasteiger partial charge in [0.25, 0.3) is 0 Å². The topological polar surface area (TPSA) is 25.2 Å². The summed E-state index contributed by atoms with van der Waals surface area (Å²) in [6.45, 7) is 3.12. The van der Waals surface area contributed by atoms with Crippen LogP contribution in [0.15, 0.2) is 21.2 Å². The van der Waals surface area contributed by atoms with Crippen LogP contribution >= 0.6 is 15.9 Å². The van der Waals surface area contributed by atoms with E-state index >= 15 is 0 Å². The molecule has 0 unspecified atom stereocenters. The first-order chi connectivity index (χ1) is 7.77. The van der Waals surface area contributed by atoms with E-state index in [1.165, 1.54) is 32.1 Å². The van der Waals surface area contributed by atoms with E-state index < -0.39 is 0 Å². The van der Waals surface area contributed by atoms with Crippen LogP contribution in [0.4, 0.5) is 0 Å². The largest absolute Gasteiger partial charge is 0.467 e. The van der Waals surface area contributed by atoms with Crippen molar-refractivity contribution < 1.29 is 4.42 Å². The Morgan fingerprint density at radius 3 is 2.81 bits per heavy atom. The van der Waals surface area contributed by atoms with Crippen molar-refractivity contribution in [2.75, 3.05) is 0 Å². The molecule has 1 saturated carbocycles. The Bertz CT molecular complexity index is 317. The fourth-order valence-electron chi connectivity index (χ4n) is 2.51. The number of nitrogens with one attached hydrogen (secondary N) is 1. The van der Waals surface area contributed by atoms with Crippen molar-refractivity contribution in [1.82, 2.24) is 5.32 Å². The Morgan fingerprint density at radius 2 is 2.19 bits per heavy atom. The van der Waals surface area contributed by atoms with Crippen LogP contribution in [0.1, 0.15) is 44.8 Å². The first-order valence-electron chi connectivity index (χ1n) is 6.22. The molecule has 90 valence electrons. The van der Waals surface area contributed by atoms with Gasteiger partial charge in [0, 0.05) is 6.04 Å². The van der Waals surface area contributed by atoms with Gasteiger partial charge in [-0.25, -0.2) is 0 Å². The average molecular weight is 286 g/mol. The third-order valence-corrected chi connectivity index (χ3v) is 4.34. The van der Waals surface area contributed by atoms with E-state index in [0.29, 0.717) is 6.04 Å². The molecule has 3 heteroatoms. The minimum absolute atomic E-state index is 0.595. The summed E-state index contributed by atoms with van der Waals surface area (Å²) in [4.78, 5) is 0. The van der Waals surface area contributed by atoms with E-state index in [1.54, 1.807) is 6.26 Å². The zero-order valence-corrected chi connectivity index (χ0v) is 11.4. The summed E-state index contributed by atoms with van der Waals surface area (Å²) in [5.74, 6) is 1.85.